The smallest absolute Gasteiger partial charge is 0.323 e. The van der Waals surface area contributed by atoms with Gasteiger partial charge in [-0.25, -0.2) is 17.6 Å². The Morgan fingerprint density at radius 3 is 2.72 bits per heavy atom. The number of pyridine rings is 1. The first-order valence-corrected chi connectivity index (χ1v) is 10.7. The second-order valence-electron chi connectivity index (χ2n) is 6.98. The summed E-state index contributed by atoms with van der Waals surface area (Å²) in [6, 6.07) is 6.65. The zero-order valence-electron chi connectivity index (χ0n) is 16.1. The number of amides is 2. The highest BCUT2D eigenvalue weighted by Crippen LogP contribution is 2.25. The number of hydrogen-bond donors (Lipinski definition) is 2. The van der Waals surface area contributed by atoms with Crippen LogP contribution < -0.4 is 15.4 Å². The SMILES string of the molecule is CC(C)S(=O)(=O)N1CCC(Oc2cc(F)cc(NC(=O)Nc3cccnc3)c2)C1. The van der Waals surface area contributed by atoms with E-state index in [4.69, 9.17) is 4.74 Å². The highest BCUT2D eigenvalue weighted by molar-refractivity contribution is 7.89. The molecule has 0 saturated carbocycles. The van der Waals surface area contributed by atoms with Gasteiger partial charge in [0.25, 0.3) is 0 Å². The molecule has 8 nitrogen and oxygen atoms in total. The molecule has 2 aromatic rings. The average molecular weight is 422 g/mol. The minimum Gasteiger partial charge on any atom is -0.489 e. The molecule has 0 bridgehead atoms. The second-order valence-corrected chi connectivity index (χ2v) is 9.47. The van der Waals surface area contributed by atoms with Crippen molar-refractivity contribution in [2.24, 2.45) is 0 Å². The number of carbonyl (C=O) groups is 1. The molecule has 1 aromatic heterocycles. The van der Waals surface area contributed by atoms with Crippen molar-refractivity contribution in [2.45, 2.75) is 31.6 Å². The summed E-state index contributed by atoms with van der Waals surface area (Å²) in [5.74, 6) is -0.362. The summed E-state index contributed by atoms with van der Waals surface area (Å²) in [6.07, 6.45) is 3.18. The number of carbonyl (C=O) groups excluding carboxylic acids is 1. The van der Waals surface area contributed by atoms with E-state index in [9.17, 15) is 17.6 Å². The summed E-state index contributed by atoms with van der Waals surface area (Å²) in [5, 5.41) is 4.62. The van der Waals surface area contributed by atoms with E-state index in [1.54, 1.807) is 32.2 Å². The average Bonchev–Trinajstić information content (AvgIpc) is 3.11. The van der Waals surface area contributed by atoms with Gasteiger partial charge in [0.05, 0.1) is 23.7 Å². The van der Waals surface area contributed by atoms with E-state index in [-0.39, 0.29) is 24.1 Å². The summed E-state index contributed by atoms with van der Waals surface area (Å²) in [4.78, 5) is 16.0. The topological polar surface area (TPSA) is 101 Å². The van der Waals surface area contributed by atoms with Gasteiger partial charge in [-0.05, 0) is 38.5 Å². The highest BCUT2D eigenvalue weighted by atomic mass is 32.2. The third-order valence-corrected chi connectivity index (χ3v) is 6.66. The van der Waals surface area contributed by atoms with Crippen LogP contribution in [0.3, 0.4) is 0 Å². The summed E-state index contributed by atoms with van der Waals surface area (Å²) in [7, 11) is -3.35. The lowest BCUT2D eigenvalue weighted by molar-refractivity contribution is 0.214. The van der Waals surface area contributed by atoms with Crippen LogP contribution in [-0.2, 0) is 10.0 Å². The van der Waals surface area contributed by atoms with Crippen LogP contribution in [0, 0.1) is 5.82 Å². The van der Waals surface area contributed by atoms with Crippen molar-refractivity contribution in [3.05, 3.63) is 48.5 Å². The molecule has 2 N–H and O–H groups in total. The van der Waals surface area contributed by atoms with E-state index < -0.39 is 27.1 Å². The number of ether oxygens (including phenoxy) is 1. The Kier molecular flexibility index (Phi) is 6.33. The van der Waals surface area contributed by atoms with Crippen molar-refractivity contribution in [3.8, 4) is 5.75 Å². The van der Waals surface area contributed by atoms with Crippen LogP contribution in [0.15, 0.2) is 42.7 Å². The Morgan fingerprint density at radius 1 is 1.28 bits per heavy atom. The Hall–Kier alpha value is -2.72. The first-order valence-electron chi connectivity index (χ1n) is 9.18. The maximum atomic E-state index is 14.0. The first-order chi connectivity index (χ1) is 13.7. The van der Waals surface area contributed by atoms with Gasteiger partial charge in [-0.15, -0.1) is 0 Å². The number of benzene rings is 1. The molecular weight excluding hydrogens is 399 g/mol. The van der Waals surface area contributed by atoms with E-state index in [1.807, 2.05) is 0 Å². The number of hydrogen-bond acceptors (Lipinski definition) is 5. The lowest BCUT2D eigenvalue weighted by atomic mass is 10.2. The lowest BCUT2D eigenvalue weighted by Gasteiger charge is -2.19. The van der Waals surface area contributed by atoms with Crippen molar-refractivity contribution >= 4 is 27.4 Å². The predicted octanol–water partition coefficient (Wildman–Crippen LogP) is 3.06. The molecule has 0 radical (unpaired) electrons. The summed E-state index contributed by atoms with van der Waals surface area (Å²) in [6.45, 7) is 3.83. The molecule has 1 saturated heterocycles. The number of nitrogens with one attached hydrogen (secondary N) is 2. The molecule has 0 aliphatic carbocycles. The maximum Gasteiger partial charge on any atom is 0.323 e. The molecule has 10 heteroatoms. The number of halogens is 1. The molecule has 1 unspecified atom stereocenters. The Morgan fingerprint density at radius 2 is 2.03 bits per heavy atom. The quantitative estimate of drug-likeness (QED) is 0.745. The number of nitrogens with zero attached hydrogens (tertiary/aromatic N) is 2. The maximum absolute atomic E-state index is 14.0. The number of anilines is 2. The molecule has 1 aromatic carbocycles. The lowest BCUT2D eigenvalue weighted by Crippen LogP contribution is -2.35. The molecule has 3 rings (SSSR count). The van der Waals surface area contributed by atoms with Crippen LogP contribution in [0.25, 0.3) is 0 Å². The predicted molar refractivity (Wildman–Crippen MR) is 108 cm³/mol. The normalized spacial score (nSPS) is 17.3. The van der Waals surface area contributed by atoms with Gasteiger partial charge in [0.1, 0.15) is 17.7 Å². The number of urea groups is 1. The van der Waals surface area contributed by atoms with Crippen molar-refractivity contribution in [1.82, 2.24) is 9.29 Å². The number of aromatic nitrogens is 1. The van der Waals surface area contributed by atoms with Gasteiger partial charge in [0, 0.05) is 30.6 Å². The fourth-order valence-corrected chi connectivity index (χ4v) is 4.28. The summed E-state index contributed by atoms with van der Waals surface area (Å²) >= 11 is 0. The largest absolute Gasteiger partial charge is 0.489 e. The summed E-state index contributed by atoms with van der Waals surface area (Å²) < 4.78 is 45.7. The van der Waals surface area contributed by atoms with Crippen LogP contribution in [0.2, 0.25) is 0 Å². The van der Waals surface area contributed by atoms with E-state index in [1.165, 1.54) is 28.7 Å². The molecule has 2 heterocycles. The Bertz CT molecular complexity index is 969. The van der Waals surface area contributed by atoms with Gasteiger partial charge in [-0.3, -0.25) is 4.98 Å². The highest BCUT2D eigenvalue weighted by Gasteiger charge is 2.34. The van der Waals surface area contributed by atoms with Gasteiger partial charge in [0.2, 0.25) is 10.0 Å². The van der Waals surface area contributed by atoms with Crippen LogP contribution >= 0.6 is 0 Å². The van der Waals surface area contributed by atoms with E-state index >= 15 is 0 Å². The molecule has 29 heavy (non-hydrogen) atoms. The standard InChI is InChI=1S/C19H23FN4O4S/c1-13(2)29(26,27)24-7-5-17(12-24)28-18-9-14(20)8-16(10-18)23-19(25)22-15-4-3-6-21-11-15/h3-4,6,8-11,13,17H,5,7,12H2,1-2H3,(H2,22,23,25). The van der Waals surface area contributed by atoms with Crippen LogP contribution in [0.5, 0.6) is 5.75 Å². The Labute approximate surface area is 169 Å². The van der Waals surface area contributed by atoms with Gasteiger partial charge < -0.3 is 15.4 Å². The van der Waals surface area contributed by atoms with Gasteiger partial charge >= 0.3 is 6.03 Å². The second kappa shape index (κ2) is 8.75. The molecule has 1 aliphatic heterocycles. The van der Waals surface area contributed by atoms with Crippen LogP contribution in [0.4, 0.5) is 20.6 Å². The molecule has 1 atom stereocenters. The third-order valence-electron chi connectivity index (χ3n) is 4.41. The molecule has 156 valence electrons. The van der Waals surface area contributed by atoms with Gasteiger partial charge in [-0.2, -0.15) is 4.31 Å². The van der Waals surface area contributed by atoms with Crippen molar-refractivity contribution in [1.29, 1.82) is 0 Å². The van der Waals surface area contributed by atoms with Crippen molar-refractivity contribution in [3.63, 3.8) is 0 Å². The van der Waals surface area contributed by atoms with Crippen molar-refractivity contribution < 1.29 is 22.3 Å². The third kappa shape index (κ3) is 5.42. The molecule has 2 amide bonds. The van der Waals surface area contributed by atoms with E-state index in [0.29, 0.717) is 18.7 Å². The summed E-state index contributed by atoms with van der Waals surface area (Å²) in [5.41, 5.74) is 0.710. The zero-order valence-corrected chi connectivity index (χ0v) is 16.9. The number of rotatable bonds is 6. The fraction of sp³-hybridized carbons (Fsp3) is 0.368. The van der Waals surface area contributed by atoms with Gasteiger partial charge in [0.15, 0.2) is 0 Å². The first kappa shape index (κ1) is 21.0. The van der Waals surface area contributed by atoms with Crippen LogP contribution in [-0.4, -0.2) is 48.2 Å². The molecular formula is C19H23FN4O4S. The van der Waals surface area contributed by atoms with Crippen molar-refractivity contribution in [2.75, 3.05) is 23.7 Å². The fourth-order valence-electron chi connectivity index (χ4n) is 2.95. The van der Waals surface area contributed by atoms with Gasteiger partial charge in [-0.1, -0.05) is 0 Å². The van der Waals surface area contributed by atoms with E-state index in [2.05, 4.69) is 15.6 Å². The minimum absolute atomic E-state index is 0.210. The molecule has 1 aliphatic rings. The molecule has 1 fully saturated rings. The Balaban J connectivity index is 1.63. The molecule has 0 spiro atoms. The monoisotopic (exact) mass is 422 g/mol. The zero-order chi connectivity index (χ0) is 21.0. The minimum atomic E-state index is -3.35. The number of sulfonamides is 1. The van der Waals surface area contributed by atoms with Crippen LogP contribution in [0.1, 0.15) is 20.3 Å². The van der Waals surface area contributed by atoms with E-state index in [0.717, 1.165) is 0 Å².